The maximum atomic E-state index is 12.3. The predicted molar refractivity (Wildman–Crippen MR) is 79.1 cm³/mol. The van der Waals surface area contributed by atoms with E-state index in [1.807, 2.05) is 24.3 Å². The molecule has 1 aromatic heterocycles. The van der Waals surface area contributed by atoms with Gasteiger partial charge >= 0.3 is 0 Å². The number of hydrogen-bond acceptors (Lipinski definition) is 2. The van der Waals surface area contributed by atoms with Gasteiger partial charge in [0.2, 0.25) is 0 Å². The summed E-state index contributed by atoms with van der Waals surface area (Å²) in [6.07, 6.45) is 1.69. The fourth-order valence-corrected chi connectivity index (χ4v) is 2.14. The first-order chi connectivity index (χ1) is 9.65. The molecule has 0 bridgehead atoms. The molecule has 0 spiro atoms. The Labute approximate surface area is 116 Å². The number of aromatic nitrogens is 1. The quantitative estimate of drug-likeness (QED) is 0.665. The number of phenolic OH excluding ortho intramolecular Hbond substituents is 1. The van der Waals surface area contributed by atoms with E-state index < -0.39 is 0 Å². The lowest BCUT2D eigenvalue weighted by Gasteiger charge is -2.06. The zero-order valence-electron chi connectivity index (χ0n) is 11.0. The van der Waals surface area contributed by atoms with Crippen LogP contribution in [0.15, 0.2) is 48.7 Å². The molecule has 0 unspecified atom stereocenters. The van der Waals surface area contributed by atoms with Crippen LogP contribution in [-0.2, 0) is 0 Å². The Morgan fingerprint density at radius 3 is 2.80 bits per heavy atom. The van der Waals surface area contributed by atoms with E-state index in [1.165, 1.54) is 0 Å². The fraction of sp³-hybridized carbons (Fsp3) is 0.0625. The van der Waals surface area contributed by atoms with Crippen LogP contribution in [0.4, 0.5) is 5.69 Å². The third-order valence-electron chi connectivity index (χ3n) is 3.30. The van der Waals surface area contributed by atoms with Crippen LogP contribution in [0.25, 0.3) is 10.9 Å². The van der Waals surface area contributed by atoms with Crippen LogP contribution < -0.4 is 5.32 Å². The van der Waals surface area contributed by atoms with Crippen LogP contribution in [0.5, 0.6) is 5.75 Å². The maximum Gasteiger partial charge on any atom is 0.257 e. The lowest BCUT2D eigenvalue weighted by Crippen LogP contribution is -2.11. The van der Waals surface area contributed by atoms with Crippen molar-refractivity contribution < 1.29 is 9.90 Å². The zero-order valence-corrected chi connectivity index (χ0v) is 11.0. The summed E-state index contributed by atoms with van der Waals surface area (Å²) in [4.78, 5) is 15.3. The van der Waals surface area contributed by atoms with Crippen molar-refractivity contribution in [3.8, 4) is 5.75 Å². The number of rotatable bonds is 2. The summed E-state index contributed by atoms with van der Waals surface area (Å²) >= 11 is 0. The summed E-state index contributed by atoms with van der Waals surface area (Å²) in [5.74, 6) is -0.0348. The van der Waals surface area contributed by atoms with Crippen molar-refractivity contribution in [1.82, 2.24) is 4.98 Å². The normalized spacial score (nSPS) is 10.7. The van der Waals surface area contributed by atoms with Crippen molar-refractivity contribution in [3.63, 3.8) is 0 Å². The molecule has 4 heteroatoms. The summed E-state index contributed by atoms with van der Waals surface area (Å²) in [5, 5.41) is 13.3. The van der Waals surface area contributed by atoms with Gasteiger partial charge in [-0.3, -0.25) is 4.79 Å². The van der Waals surface area contributed by atoms with E-state index in [-0.39, 0.29) is 11.7 Å². The summed E-state index contributed by atoms with van der Waals surface area (Å²) < 4.78 is 0. The molecule has 2 aromatic carbocycles. The van der Waals surface area contributed by atoms with Crippen molar-refractivity contribution >= 4 is 22.5 Å². The summed E-state index contributed by atoms with van der Waals surface area (Å²) in [5.41, 5.74) is 2.85. The third-order valence-corrected chi connectivity index (χ3v) is 3.30. The molecule has 0 radical (unpaired) electrons. The highest BCUT2D eigenvalue weighted by Crippen LogP contribution is 2.23. The minimum Gasteiger partial charge on any atom is -0.508 e. The van der Waals surface area contributed by atoms with Crippen molar-refractivity contribution in [1.29, 1.82) is 0 Å². The molecule has 3 N–H and O–H groups in total. The number of hydrogen-bond donors (Lipinski definition) is 3. The van der Waals surface area contributed by atoms with Gasteiger partial charge in [0.25, 0.3) is 5.91 Å². The van der Waals surface area contributed by atoms with Gasteiger partial charge in [-0.15, -0.1) is 0 Å². The molecule has 4 nitrogen and oxygen atoms in total. The van der Waals surface area contributed by atoms with Crippen molar-refractivity contribution in [2.45, 2.75) is 6.92 Å². The van der Waals surface area contributed by atoms with Gasteiger partial charge < -0.3 is 15.4 Å². The zero-order chi connectivity index (χ0) is 14.1. The first kappa shape index (κ1) is 12.3. The monoisotopic (exact) mass is 266 g/mol. The number of carbonyl (C=O) groups excluding carboxylic acids is 1. The van der Waals surface area contributed by atoms with E-state index in [9.17, 15) is 9.90 Å². The summed E-state index contributed by atoms with van der Waals surface area (Å²) in [7, 11) is 0. The number of aromatic amines is 1. The number of benzene rings is 2. The van der Waals surface area contributed by atoms with E-state index in [4.69, 9.17) is 0 Å². The Hall–Kier alpha value is -2.75. The number of aryl methyl sites for hydroxylation is 1. The van der Waals surface area contributed by atoms with E-state index in [0.29, 0.717) is 11.3 Å². The SMILES string of the molecule is Cc1ccc(NC(=O)c2c[nH]c3ccccc23)cc1O. The Balaban J connectivity index is 1.91. The number of H-pyrrole nitrogens is 1. The highest BCUT2D eigenvalue weighted by Gasteiger charge is 2.12. The Morgan fingerprint density at radius 1 is 1.20 bits per heavy atom. The van der Waals surface area contributed by atoms with Gasteiger partial charge in [0.1, 0.15) is 5.75 Å². The summed E-state index contributed by atoms with van der Waals surface area (Å²) in [6.45, 7) is 1.81. The summed E-state index contributed by atoms with van der Waals surface area (Å²) in [6, 6.07) is 12.7. The lowest BCUT2D eigenvalue weighted by atomic mass is 10.1. The topological polar surface area (TPSA) is 65.1 Å². The molecule has 0 saturated carbocycles. The van der Waals surface area contributed by atoms with Gasteiger partial charge in [-0.1, -0.05) is 24.3 Å². The molecule has 3 rings (SSSR count). The van der Waals surface area contributed by atoms with Gasteiger partial charge in [-0.2, -0.15) is 0 Å². The van der Waals surface area contributed by atoms with E-state index in [2.05, 4.69) is 10.3 Å². The molecule has 0 saturated heterocycles. The number of aromatic hydroxyl groups is 1. The van der Waals surface area contributed by atoms with Crippen LogP contribution in [0.3, 0.4) is 0 Å². The van der Waals surface area contributed by atoms with Gasteiger partial charge in [-0.25, -0.2) is 0 Å². The molecular weight excluding hydrogens is 252 g/mol. The number of carbonyl (C=O) groups is 1. The third kappa shape index (κ3) is 2.12. The second-order valence-corrected chi connectivity index (χ2v) is 4.70. The molecule has 0 aliphatic heterocycles. The molecule has 0 aliphatic rings. The maximum absolute atomic E-state index is 12.3. The first-order valence-corrected chi connectivity index (χ1v) is 6.32. The van der Waals surface area contributed by atoms with Crippen molar-refractivity contribution in [2.24, 2.45) is 0 Å². The van der Waals surface area contributed by atoms with Crippen molar-refractivity contribution in [2.75, 3.05) is 5.32 Å². The average molecular weight is 266 g/mol. The van der Waals surface area contributed by atoms with Crippen LogP contribution in [-0.4, -0.2) is 16.0 Å². The van der Waals surface area contributed by atoms with Gasteiger partial charge in [0.15, 0.2) is 0 Å². The minimum atomic E-state index is -0.203. The molecule has 1 heterocycles. The molecule has 20 heavy (non-hydrogen) atoms. The smallest absolute Gasteiger partial charge is 0.257 e. The standard InChI is InChI=1S/C16H14N2O2/c1-10-6-7-11(8-15(10)19)18-16(20)13-9-17-14-5-3-2-4-12(13)14/h2-9,17,19H,1H3,(H,18,20). The number of anilines is 1. The Kier molecular flexibility index (Phi) is 2.91. The van der Waals surface area contributed by atoms with Crippen LogP contribution in [0.1, 0.15) is 15.9 Å². The number of phenols is 1. The Bertz CT molecular complexity index is 790. The molecule has 0 atom stereocenters. The average Bonchev–Trinajstić information content (AvgIpc) is 2.87. The second kappa shape index (κ2) is 4.74. The highest BCUT2D eigenvalue weighted by atomic mass is 16.3. The first-order valence-electron chi connectivity index (χ1n) is 6.32. The predicted octanol–water partition coefficient (Wildman–Crippen LogP) is 3.43. The fourth-order valence-electron chi connectivity index (χ4n) is 2.14. The number of fused-ring (bicyclic) bond motifs is 1. The molecule has 100 valence electrons. The molecule has 0 fully saturated rings. The van der Waals surface area contributed by atoms with E-state index in [1.54, 1.807) is 31.3 Å². The van der Waals surface area contributed by atoms with E-state index >= 15 is 0 Å². The molecule has 1 amide bonds. The lowest BCUT2D eigenvalue weighted by molar-refractivity contribution is 0.102. The van der Waals surface area contributed by atoms with Crippen LogP contribution in [0, 0.1) is 6.92 Å². The Morgan fingerprint density at radius 2 is 2.00 bits per heavy atom. The van der Waals surface area contributed by atoms with E-state index in [0.717, 1.165) is 16.5 Å². The van der Waals surface area contributed by atoms with Gasteiger partial charge in [-0.05, 0) is 24.6 Å². The number of amides is 1. The molecular formula is C16H14N2O2. The van der Waals surface area contributed by atoms with Crippen LogP contribution >= 0.6 is 0 Å². The molecule has 0 aliphatic carbocycles. The number of para-hydroxylation sites is 1. The number of nitrogens with one attached hydrogen (secondary N) is 2. The highest BCUT2D eigenvalue weighted by molar-refractivity contribution is 6.12. The van der Waals surface area contributed by atoms with Gasteiger partial charge in [0, 0.05) is 28.9 Å². The largest absolute Gasteiger partial charge is 0.508 e. The van der Waals surface area contributed by atoms with Gasteiger partial charge in [0.05, 0.1) is 5.56 Å². The second-order valence-electron chi connectivity index (χ2n) is 4.70. The minimum absolute atomic E-state index is 0.168. The van der Waals surface area contributed by atoms with Crippen molar-refractivity contribution in [3.05, 3.63) is 59.8 Å². The van der Waals surface area contributed by atoms with Crippen LogP contribution in [0.2, 0.25) is 0 Å². The molecule has 3 aromatic rings.